The lowest BCUT2D eigenvalue weighted by Gasteiger charge is -2.00. The molecule has 0 saturated carbocycles. The van der Waals surface area contributed by atoms with Crippen molar-refractivity contribution in [3.8, 4) is 16.9 Å². The molecule has 3 aromatic rings. The van der Waals surface area contributed by atoms with Gasteiger partial charge in [0, 0.05) is 23.4 Å². The topological polar surface area (TPSA) is 55.1 Å². The van der Waals surface area contributed by atoms with E-state index in [9.17, 15) is 4.79 Å². The van der Waals surface area contributed by atoms with Gasteiger partial charge in [-0.2, -0.15) is 5.10 Å². The second kappa shape index (κ2) is 6.10. The van der Waals surface area contributed by atoms with Crippen molar-refractivity contribution in [2.75, 3.05) is 0 Å². The van der Waals surface area contributed by atoms with Crippen LogP contribution < -0.4 is 0 Å². The maximum absolute atomic E-state index is 10.8. The van der Waals surface area contributed by atoms with Crippen LogP contribution in [0.15, 0.2) is 72.9 Å². The molecule has 2 aromatic carbocycles. The van der Waals surface area contributed by atoms with Gasteiger partial charge < -0.3 is 5.11 Å². The Morgan fingerprint density at radius 1 is 1.00 bits per heavy atom. The SMILES string of the molecule is O=C(O)C=Cc1cn(-c2ccccc2)nc1-c1ccccc1. The number of nitrogens with zero attached hydrogens (tertiary/aromatic N) is 2. The second-order valence-electron chi connectivity index (χ2n) is 4.75. The number of para-hydroxylation sites is 1. The predicted molar refractivity (Wildman–Crippen MR) is 85.7 cm³/mol. The molecule has 4 nitrogen and oxygen atoms in total. The number of hydrogen-bond acceptors (Lipinski definition) is 2. The van der Waals surface area contributed by atoms with E-state index in [1.807, 2.05) is 66.9 Å². The molecule has 0 amide bonds. The molecule has 0 aliphatic rings. The lowest BCUT2D eigenvalue weighted by atomic mass is 10.1. The first-order chi connectivity index (χ1) is 10.7. The molecule has 0 fully saturated rings. The highest BCUT2D eigenvalue weighted by atomic mass is 16.4. The Bertz CT molecular complexity index is 806. The number of aromatic nitrogens is 2. The van der Waals surface area contributed by atoms with Crippen molar-refractivity contribution >= 4 is 12.0 Å². The average molecular weight is 290 g/mol. The summed E-state index contributed by atoms with van der Waals surface area (Å²) >= 11 is 0. The molecule has 0 radical (unpaired) electrons. The number of rotatable bonds is 4. The number of benzene rings is 2. The van der Waals surface area contributed by atoms with Crippen LogP contribution in [0.25, 0.3) is 23.0 Å². The van der Waals surface area contributed by atoms with Crippen LogP contribution in [-0.4, -0.2) is 20.9 Å². The fraction of sp³-hybridized carbons (Fsp3) is 0. The summed E-state index contributed by atoms with van der Waals surface area (Å²) in [6.07, 6.45) is 4.52. The van der Waals surface area contributed by atoms with Crippen molar-refractivity contribution in [2.45, 2.75) is 0 Å². The van der Waals surface area contributed by atoms with Gasteiger partial charge in [-0.1, -0.05) is 48.5 Å². The lowest BCUT2D eigenvalue weighted by Crippen LogP contribution is -1.93. The standard InChI is InChI=1S/C18H14N2O2/c21-17(22)12-11-15-13-20(16-9-5-2-6-10-16)19-18(15)14-7-3-1-4-8-14/h1-13H,(H,21,22). The van der Waals surface area contributed by atoms with E-state index in [2.05, 4.69) is 5.10 Å². The summed E-state index contributed by atoms with van der Waals surface area (Å²) in [6.45, 7) is 0. The monoisotopic (exact) mass is 290 g/mol. The third-order valence-corrected chi connectivity index (χ3v) is 3.22. The van der Waals surface area contributed by atoms with Crippen LogP contribution >= 0.6 is 0 Å². The van der Waals surface area contributed by atoms with Crippen molar-refractivity contribution in [1.29, 1.82) is 0 Å². The highest BCUT2D eigenvalue weighted by molar-refractivity contribution is 5.87. The first-order valence-electron chi connectivity index (χ1n) is 6.85. The van der Waals surface area contributed by atoms with E-state index in [-0.39, 0.29) is 0 Å². The molecular formula is C18H14N2O2. The number of hydrogen-bond donors (Lipinski definition) is 1. The molecule has 0 bridgehead atoms. The van der Waals surface area contributed by atoms with Crippen LogP contribution in [-0.2, 0) is 4.79 Å². The molecule has 108 valence electrons. The van der Waals surface area contributed by atoms with Gasteiger partial charge in [0.05, 0.1) is 11.4 Å². The van der Waals surface area contributed by atoms with Gasteiger partial charge in [0.1, 0.15) is 0 Å². The molecule has 4 heteroatoms. The van der Waals surface area contributed by atoms with Crippen LogP contribution in [0.5, 0.6) is 0 Å². The molecule has 0 aliphatic heterocycles. The van der Waals surface area contributed by atoms with Crippen molar-refractivity contribution in [2.24, 2.45) is 0 Å². The molecule has 0 saturated heterocycles. The quantitative estimate of drug-likeness (QED) is 0.746. The Balaban J connectivity index is 2.11. The molecular weight excluding hydrogens is 276 g/mol. The Hall–Kier alpha value is -3.14. The Morgan fingerprint density at radius 2 is 1.64 bits per heavy atom. The largest absolute Gasteiger partial charge is 0.478 e. The van der Waals surface area contributed by atoms with E-state index in [0.29, 0.717) is 0 Å². The Kier molecular flexibility index (Phi) is 3.83. The number of carboxylic acid groups (broad SMARTS) is 1. The predicted octanol–water partition coefficient (Wildman–Crippen LogP) is 3.64. The fourth-order valence-corrected chi connectivity index (χ4v) is 2.20. The van der Waals surface area contributed by atoms with Crippen LogP contribution in [0, 0.1) is 0 Å². The van der Waals surface area contributed by atoms with E-state index in [4.69, 9.17) is 5.11 Å². The molecule has 0 aliphatic carbocycles. The zero-order valence-electron chi connectivity index (χ0n) is 11.8. The van der Waals surface area contributed by atoms with Gasteiger partial charge in [0.15, 0.2) is 0 Å². The molecule has 0 unspecified atom stereocenters. The van der Waals surface area contributed by atoms with Gasteiger partial charge in [-0.15, -0.1) is 0 Å². The molecule has 22 heavy (non-hydrogen) atoms. The minimum atomic E-state index is -0.980. The van der Waals surface area contributed by atoms with Gasteiger partial charge in [-0.05, 0) is 18.2 Å². The van der Waals surface area contributed by atoms with Crippen molar-refractivity contribution in [3.63, 3.8) is 0 Å². The summed E-state index contributed by atoms with van der Waals surface area (Å²) in [5.74, 6) is -0.980. The number of carboxylic acids is 1. The van der Waals surface area contributed by atoms with Gasteiger partial charge in [-0.25, -0.2) is 9.48 Å². The smallest absolute Gasteiger partial charge is 0.328 e. The molecule has 1 aromatic heterocycles. The number of aliphatic carboxylic acids is 1. The molecule has 0 spiro atoms. The normalized spacial score (nSPS) is 10.9. The summed E-state index contributed by atoms with van der Waals surface area (Å²) in [6, 6.07) is 19.4. The zero-order valence-corrected chi connectivity index (χ0v) is 11.8. The molecule has 3 rings (SSSR count). The van der Waals surface area contributed by atoms with E-state index in [1.54, 1.807) is 10.8 Å². The number of carbonyl (C=O) groups is 1. The van der Waals surface area contributed by atoms with Crippen LogP contribution in [0.2, 0.25) is 0 Å². The van der Waals surface area contributed by atoms with Crippen LogP contribution in [0.1, 0.15) is 5.56 Å². The van der Waals surface area contributed by atoms with Gasteiger partial charge in [0.25, 0.3) is 0 Å². The summed E-state index contributed by atoms with van der Waals surface area (Å²) in [7, 11) is 0. The lowest BCUT2D eigenvalue weighted by molar-refractivity contribution is -0.131. The van der Waals surface area contributed by atoms with Crippen molar-refractivity contribution in [3.05, 3.63) is 78.5 Å². The van der Waals surface area contributed by atoms with Crippen molar-refractivity contribution < 1.29 is 9.90 Å². The van der Waals surface area contributed by atoms with E-state index in [0.717, 1.165) is 28.6 Å². The van der Waals surface area contributed by atoms with Gasteiger partial charge in [0.2, 0.25) is 0 Å². The summed E-state index contributed by atoms with van der Waals surface area (Å²) in [5.41, 5.74) is 3.39. The minimum absolute atomic E-state index is 0.752. The summed E-state index contributed by atoms with van der Waals surface area (Å²) in [5, 5.41) is 13.4. The highest BCUT2D eigenvalue weighted by Gasteiger charge is 2.10. The molecule has 1 heterocycles. The maximum atomic E-state index is 10.8. The zero-order chi connectivity index (χ0) is 15.4. The Labute approximate surface area is 128 Å². The second-order valence-corrected chi connectivity index (χ2v) is 4.75. The van der Waals surface area contributed by atoms with Crippen LogP contribution in [0.3, 0.4) is 0 Å². The average Bonchev–Trinajstić information content (AvgIpc) is 2.99. The summed E-state index contributed by atoms with van der Waals surface area (Å²) in [4.78, 5) is 10.8. The highest BCUT2D eigenvalue weighted by Crippen LogP contribution is 2.24. The van der Waals surface area contributed by atoms with Crippen molar-refractivity contribution in [1.82, 2.24) is 9.78 Å². The first kappa shape index (κ1) is 13.8. The third-order valence-electron chi connectivity index (χ3n) is 3.22. The molecule has 0 atom stereocenters. The van der Waals surface area contributed by atoms with E-state index in [1.165, 1.54) is 0 Å². The van der Waals surface area contributed by atoms with Gasteiger partial charge in [-0.3, -0.25) is 0 Å². The Morgan fingerprint density at radius 3 is 2.27 bits per heavy atom. The minimum Gasteiger partial charge on any atom is -0.478 e. The van der Waals surface area contributed by atoms with E-state index >= 15 is 0 Å². The third kappa shape index (κ3) is 2.96. The van der Waals surface area contributed by atoms with Gasteiger partial charge >= 0.3 is 5.97 Å². The molecule has 1 N–H and O–H groups in total. The first-order valence-corrected chi connectivity index (χ1v) is 6.85. The maximum Gasteiger partial charge on any atom is 0.328 e. The fourth-order valence-electron chi connectivity index (χ4n) is 2.20. The summed E-state index contributed by atoms with van der Waals surface area (Å²) < 4.78 is 1.75. The van der Waals surface area contributed by atoms with Crippen LogP contribution in [0.4, 0.5) is 0 Å². The van der Waals surface area contributed by atoms with E-state index < -0.39 is 5.97 Å².